The highest BCUT2D eigenvalue weighted by Gasteiger charge is 2.33. The lowest BCUT2D eigenvalue weighted by Gasteiger charge is -2.19. The van der Waals surface area contributed by atoms with Gasteiger partial charge in [0.1, 0.15) is 11.6 Å². The zero-order valence-electron chi connectivity index (χ0n) is 13.5. The number of hydrogen-bond donors (Lipinski definition) is 1. The van der Waals surface area contributed by atoms with Gasteiger partial charge in [0.2, 0.25) is 5.91 Å². The van der Waals surface area contributed by atoms with E-state index in [-0.39, 0.29) is 17.8 Å². The van der Waals surface area contributed by atoms with Crippen molar-refractivity contribution in [1.29, 1.82) is 0 Å². The Balaban J connectivity index is 1.58. The number of carbonyl (C=O) groups is 1. The average Bonchev–Trinajstić information content (AvgIpc) is 3.44. The molecule has 0 heterocycles. The Bertz CT molecular complexity index is 684. The summed E-state index contributed by atoms with van der Waals surface area (Å²) in [7, 11) is 1.64. The Morgan fingerprint density at radius 1 is 1.21 bits per heavy atom. The first-order chi connectivity index (χ1) is 11.7. The molecule has 1 saturated carbocycles. The van der Waals surface area contributed by atoms with Gasteiger partial charge in [-0.25, -0.2) is 4.39 Å². The van der Waals surface area contributed by atoms with Crippen molar-refractivity contribution in [1.82, 2.24) is 5.32 Å². The first-order valence-electron chi connectivity index (χ1n) is 7.97. The predicted molar refractivity (Wildman–Crippen MR) is 93.7 cm³/mol. The molecule has 0 bridgehead atoms. The molecule has 3 rings (SSSR count). The second kappa shape index (κ2) is 7.71. The minimum atomic E-state index is -0.267. The van der Waals surface area contributed by atoms with Gasteiger partial charge in [-0.15, -0.1) is 11.8 Å². The van der Waals surface area contributed by atoms with Gasteiger partial charge in [0, 0.05) is 4.90 Å². The fourth-order valence-corrected chi connectivity index (χ4v) is 3.32. The van der Waals surface area contributed by atoms with Crippen LogP contribution in [-0.4, -0.2) is 18.8 Å². The molecule has 1 fully saturated rings. The van der Waals surface area contributed by atoms with Crippen LogP contribution in [0.5, 0.6) is 5.75 Å². The van der Waals surface area contributed by atoms with Crippen LogP contribution in [-0.2, 0) is 4.79 Å². The molecule has 3 nitrogen and oxygen atoms in total. The number of carbonyl (C=O) groups excluding carboxylic acids is 1. The summed E-state index contributed by atoms with van der Waals surface area (Å²) in [6, 6.07) is 14.1. The van der Waals surface area contributed by atoms with Crippen molar-refractivity contribution in [2.45, 2.75) is 23.8 Å². The Labute approximate surface area is 145 Å². The van der Waals surface area contributed by atoms with Gasteiger partial charge in [-0.2, -0.15) is 0 Å². The molecule has 24 heavy (non-hydrogen) atoms. The van der Waals surface area contributed by atoms with Gasteiger partial charge < -0.3 is 10.1 Å². The number of halogens is 1. The third-order valence-electron chi connectivity index (χ3n) is 4.07. The van der Waals surface area contributed by atoms with E-state index in [2.05, 4.69) is 5.32 Å². The van der Waals surface area contributed by atoms with Gasteiger partial charge >= 0.3 is 0 Å². The summed E-state index contributed by atoms with van der Waals surface area (Å²) in [5.74, 6) is 1.38. The van der Waals surface area contributed by atoms with Gasteiger partial charge in [-0.1, -0.05) is 12.1 Å². The predicted octanol–water partition coefficient (Wildman–Crippen LogP) is 4.19. The molecule has 0 spiro atoms. The third-order valence-corrected chi connectivity index (χ3v) is 5.08. The normalized spacial score (nSPS) is 14.9. The Kier molecular flexibility index (Phi) is 5.41. The number of benzene rings is 2. The fraction of sp³-hybridized carbons (Fsp3) is 0.316. The molecule has 0 saturated heterocycles. The summed E-state index contributed by atoms with van der Waals surface area (Å²) in [5.41, 5.74) is 1.11. The van der Waals surface area contributed by atoms with Gasteiger partial charge in [0.05, 0.1) is 18.9 Å². The standard InChI is InChI=1S/C19H20FNO2S/c1-23-16-8-4-14(5-9-16)19(13-2-3-13)21-18(22)12-24-17-10-6-15(20)7-11-17/h4-11,13,19H,2-3,12H2,1H3,(H,21,22). The Morgan fingerprint density at radius 2 is 1.88 bits per heavy atom. The van der Waals surface area contributed by atoms with Gasteiger partial charge in [-0.3, -0.25) is 4.79 Å². The fourth-order valence-electron chi connectivity index (χ4n) is 2.61. The molecular formula is C19H20FNO2S. The van der Waals surface area contributed by atoms with E-state index in [0.717, 1.165) is 29.1 Å². The zero-order chi connectivity index (χ0) is 16.9. The van der Waals surface area contributed by atoms with Crippen molar-refractivity contribution >= 4 is 17.7 Å². The molecule has 1 aliphatic rings. The lowest BCUT2D eigenvalue weighted by molar-refractivity contribution is -0.119. The van der Waals surface area contributed by atoms with Crippen LogP contribution >= 0.6 is 11.8 Å². The van der Waals surface area contributed by atoms with Crippen LogP contribution in [0.2, 0.25) is 0 Å². The molecule has 1 amide bonds. The summed E-state index contributed by atoms with van der Waals surface area (Å²) >= 11 is 1.41. The van der Waals surface area contributed by atoms with Crippen molar-refractivity contribution in [2.75, 3.05) is 12.9 Å². The van der Waals surface area contributed by atoms with Gasteiger partial charge in [-0.05, 0) is 60.7 Å². The summed E-state index contributed by atoms with van der Waals surface area (Å²) in [6.07, 6.45) is 2.28. The highest BCUT2D eigenvalue weighted by atomic mass is 32.2. The van der Waals surface area contributed by atoms with Crippen LogP contribution < -0.4 is 10.1 Å². The van der Waals surface area contributed by atoms with E-state index in [1.165, 1.54) is 23.9 Å². The second-order valence-corrected chi connectivity index (χ2v) is 6.95. The molecule has 0 radical (unpaired) electrons. The SMILES string of the molecule is COc1ccc(C(NC(=O)CSc2ccc(F)cc2)C2CC2)cc1. The topological polar surface area (TPSA) is 38.3 Å². The van der Waals surface area contributed by atoms with Crippen LogP contribution in [0.1, 0.15) is 24.4 Å². The monoisotopic (exact) mass is 345 g/mol. The second-order valence-electron chi connectivity index (χ2n) is 5.90. The molecular weight excluding hydrogens is 325 g/mol. The zero-order valence-corrected chi connectivity index (χ0v) is 14.3. The van der Waals surface area contributed by atoms with Crippen LogP contribution in [0, 0.1) is 11.7 Å². The minimum absolute atomic E-state index is 0.00274. The first-order valence-corrected chi connectivity index (χ1v) is 8.96. The molecule has 126 valence electrons. The van der Waals surface area contributed by atoms with E-state index in [9.17, 15) is 9.18 Å². The van der Waals surface area contributed by atoms with E-state index in [1.54, 1.807) is 19.2 Å². The van der Waals surface area contributed by atoms with Crippen molar-refractivity contribution in [2.24, 2.45) is 5.92 Å². The Hall–Kier alpha value is -2.01. The van der Waals surface area contributed by atoms with E-state index in [0.29, 0.717) is 11.7 Å². The largest absolute Gasteiger partial charge is 0.497 e. The highest BCUT2D eigenvalue weighted by molar-refractivity contribution is 8.00. The van der Waals surface area contributed by atoms with Crippen LogP contribution in [0.4, 0.5) is 4.39 Å². The maximum absolute atomic E-state index is 12.9. The molecule has 1 atom stereocenters. The molecule has 2 aromatic rings. The number of hydrogen-bond acceptors (Lipinski definition) is 3. The summed E-state index contributed by atoms with van der Waals surface area (Å²) in [6.45, 7) is 0. The van der Waals surface area contributed by atoms with E-state index < -0.39 is 0 Å². The smallest absolute Gasteiger partial charge is 0.230 e. The molecule has 1 unspecified atom stereocenters. The molecule has 0 aliphatic heterocycles. The molecule has 5 heteroatoms. The van der Waals surface area contributed by atoms with E-state index >= 15 is 0 Å². The maximum atomic E-state index is 12.9. The van der Waals surface area contributed by atoms with Crippen LogP contribution in [0.3, 0.4) is 0 Å². The molecule has 1 aliphatic carbocycles. The van der Waals surface area contributed by atoms with Crippen molar-refractivity contribution in [3.8, 4) is 5.75 Å². The van der Waals surface area contributed by atoms with Crippen LogP contribution in [0.25, 0.3) is 0 Å². The number of methoxy groups -OCH3 is 1. The van der Waals surface area contributed by atoms with Crippen molar-refractivity contribution in [3.63, 3.8) is 0 Å². The molecule has 2 aromatic carbocycles. The van der Waals surface area contributed by atoms with Crippen molar-refractivity contribution in [3.05, 3.63) is 59.9 Å². The minimum Gasteiger partial charge on any atom is -0.497 e. The quantitative estimate of drug-likeness (QED) is 0.765. The highest BCUT2D eigenvalue weighted by Crippen LogP contribution is 2.41. The maximum Gasteiger partial charge on any atom is 0.230 e. The summed E-state index contributed by atoms with van der Waals surface area (Å²) in [5, 5.41) is 3.14. The first kappa shape index (κ1) is 16.8. The van der Waals surface area contributed by atoms with E-state index in [4.69, 9.17) is 4.74 Å². The molecule has 0 aromatic heterocycles. The number of thioether (sulfide) groups is 1. The number of amides is 1. The number of ether oxygens (including phenoxy) is 1. The summed E-state index contributed by atoms with van der Waals surface area (Å²) < 4.78 is 18.1. The Morgan fingerprint density at radius 3 is 2.46 bits per heavy atom. The number of nitrogens with one attached hydrogen (secondary N) is 1. The lowest BCUT2D eigenvalue weighted by Crippen LogP contribution is -2.31. The van der Waals surface area contributed by atoms with Crippen molar-refractivity contribution < 1.29 is 13.9 Å². The van der Waals surface area contributed by atoms with Crippen LogP contribution in [0.15, 0.2) is 53.4 Å². The third kappa shape index (κ3) is 4.51. The van der Waals surface area contributed by atoms with Gasteiger partial charge in [0.25, 0.3) is 0 Å². The number of rotatable bonds is 7. The lowest BCUT2D eigenvalue weighted by atomic mass is 10.0. The van der Waals surface area contributed by atoms with E-state index in [1.807, 2.05) is 24.3 Å². The van der Waals surface area contributed by atoms with Gasteiger partial charge in [0.15, 0.2) is 0 Å². The average molecular weight is 345 g/mol. The molecule has 1 N–H and O–H groups in total. The summed E-state index contributed by atoms with van der Waals surface area (Å²) in [4.78, 5) is 13.2.